The van der Waals surface area contributed by atoms with Crippen LogP contribution in [0.25, 0.3) is 11.4 Å². The molecule has 5 nitrogen and oxygen atoms in total. The Labute approximate surface area is 122 Å². The van der Waals surface area contributed by atoms with E-state index in [1.807, 2.05) is 49.4 Å². The predicted molar refractivity (Wildman–Crippen MR) is 78.2 cm³/mol. The third kappa shape index (κ3) is 2.79. The van der Waals surface area contributed by atoms with Gasteiger partial charge in [0, 0.05) is 5.56 Å². The minimum Gasteiger partial charge on any atom is -0.192 e. The van der Waals surface area contributed by atoms with Crippen LogP contribution in [0.4, 0.5) is 0 Å². The summed E-state index contributed by atoms with van der Waals surface area (Å²) in [6.45, 7) is 2.51. The number of tetrazole rings is 1. The first kappa shape index (κ1) is 13.0. The van der Waals surface area contributed by atoms with Crippen molar-refractivity contribution in [2.45, 2.75) is 13.5 Å². The number of hydrogen-bond donors (Lipinski definition) is 0. The second-order valence-electron chi connectivity index (χ2n) is 4.77. The molecule has 0 fully saturated rings. The lowest BCUT2D eigenvalue weighted by molar-refractivity contribution is 0.573. The number of benzene rings is 2. The monoisotopic (exact) mass is 275 g/mol. The van der Waals surface area contributed by atoms with E-state index in [0.717, 1.165) is 16.7 Å². The number of nitrogens with zero attached hydrogens (tertiary/aromatic N) is 5. The van der Waals surface area contributed by atoms with Crippen molar-refractivity contribution in [2.75, 3.05) is 0 Å². The standard InChI is InChI=1S/C16H13N5/c1-12-5-2-3-8-15(12)16-18-20-21(19-16)11-14-7-4-6-13(9-14)10-17/h2-9H,11H2,1H3. The molecule has 2 aromatic carbocycles. The average Bonchev–Trinajstić information content (AvgIpc) is 2.96. The molecule has 0 saturated heterocycles. The highest BCUT2D eigenvalue weighted by atomic mass is 15.6. The minimum absolute atomic E-state index is 0.494. The van der Waals surface area contributed by atoms with Crippen LogP contribution in [0.15, 0.2) is 48.5 Å². The lowest BCUT2D eigenvalue weighted by Crippen LogP contribution is -2.04. The molecule has 3 rings (SSSR count). The zero-order valence-corrected chi connectivity index (χ0v) is 11.6. The van der Waals surface area contributed by atoms with Crippen molar-refractivity contribution in [3.63, 3.8) is 0 Å². The highest BCUT2D eigenvalue weighted by molar-refractivity contribution is 5.58. The molecule has 0 bridgehead atoms. The van der Waals surface area contributed by atoms with E-state index in [1.165, 1.54) is 4.80 Å². The van der Waals surface area contributed by atoms with Gasteiger partial charge in [0.1, 0.15) is 0 Å². The van der Waals surface area contributed by atoms with Crippen LogP contribution in [0, 0.1) is 18.3 Å². The molecular weight excluding hydrogens is 262 g/mol. The van der Waals surface area contributed by atoms with Gasteiger partial charge in [-0.15, -0.1) is 10.2 Å². The summed E-state index contributed by atoms with van der Waals surface area (Å²) in [6.07, 6.45) is 0. The minimum atomic E-state index is 0.494. The van der Waals surface area contributed by atoms with Gasteiger partial charge in [-0.3, -0.25) is 0 Å². The summed E-state index contributed by atoms with van der Waals surface area (Å²) in [5, 5.41) is 21.5. The molecule has 0 aliphatic heterocycles. The number of nitriles is 1. The molecule has 5 heteroatoms. The van der Waals surface area contributed by atoms with Gasteiger partial charge in [-0.25, -0.2) is 0 Å². The zero-order valence-electron chi connectivity index (χ0n) is 11.6. The Morgan fingerprint density at radius 2 is 2.00 bits per heavy atom. The largest absolute Gasteiger partial charge is 0.205 e. The maximum atomic E-state index is 8.91. The molecule has 0 aliphatic carbocycles. The van der Waals surface area contributed by atoms with Crippen LogP contribution in [-0.2, 0) is 6.54 Å². The first-order chi connectivity index (χ1) is 10.3. The maximum Gasteiger partial charge on any atom is 0.205 e. The van der Waals surface area contributed by atoms with Gasteiger partial charge in [0.05, 0.1) is 18.2 Å². The molecular formula is C16H13N5. The van der Waals surface area contributed by atoms with Crippen molar-refractivity contribution in [1.82, 2.24) is 20.2 Å². The van der Waals surface area contributed by atoms with Gasteiger partial charge < -0.3 is 0 Å². The van der Waals surface area contributed by atoms with Gasteiger partial charge >= 0.3 is 0 Å². The Hall–Kier alpha value is -3.00. The first-order valence-corrected chi connectivity index (χ1v) is 6.59. The van der Waals surface area contributed by atoms with Gasteiger partial charge in [-0.2, -0.15) is 10.1 Å². The van der Waals surface area contributed by atoms with Crippen LogP contribution in [0.5, 0.6) is 0 Å². The third-order valence-electron chi connectivity index (χ3n) is 3.22. The van der Waals surface area contributed by atoms with E-state index in [1.54, 1.807) is 6.07 Å². The van der Waals surface area contributed by atoms with Crippen molar-refractivity contribution < 1.29 is 0 Å². The van der Waals surface area contributed by atoms with E-state index < -0.39 is 0 Å². The zero-order chi connectivity index (χ0) is 14.7. The molecule has 0 unspecified atom stereocenters. The fourth-order valence-corrected chi connectivity index (χ4v) is 2.14. The number of rotatable bonds is 3. The highest BCUT2D eigenvalue weighted by Gasteiger charge is 2.08. The summed E-state index contributed by atoms with van der Waals surface area (Å²) in [5.41, 5.74) is 3.70. The fraction of sp³-hybridized carbons (Fsp3) is 0.125. The SMILES string of the molecule is Cc1ccccc1-c1nnn(Cc2cccc(C#N)c2)n1. The van der Waals surface area contributed by atoms with Crippen LogP contribution >= 0.6 is 0 Å². The van der Waals surface area contributed by atoms with E-state index in [9.17, 15) is 0 Å². The van der Waals surface area contributed by atoms with Gasteiger partial charge in [-0.1, -0.05) is 36.4 Å². The number of aryl methyl sites for hydroxylation is 1. The molecule has 3 aromatic rings. The summed E-state index contributed by atoms with van der Waals surface area (Å²) in [7, 11) is 0. The van der Waals surface area contributed by atoms with Crippen molar-refractivity contribution in [3.8, 4) is 17.5 Å². The smallest absolute Gasteiger partial charge is 0.192 e. The molecule has 1 aromatic heterocycles. The second kappa shape index (κ2) is 5.55. The van der Waals surface area contributed by atoms with Gasteiger partial charge in [0.25, 0.3) is 0 Å². The van der Waals surface area contributed by atoms with Crippen molar-refractivity contribution in [2.24, 2.45) is 0 Å². The third-order valence-corrected chi connectivity index (χ3v) is 3.22. The Kier molecular flexibility index (Phi) is 3.44. The van der Waals surface area contributed by atoms with Crippen molar-refractivity contribution >= 4 is 0 Å². The van der Waals surface area contributed by atoms with Crippen LogP contribution in [0.2, 0.25) is 0 Å². The van der Waals surface area contributed by atoms with Crippen LogP contribution in [-0.4, -0.2) is 20.2 Å². The normalized spacial score (nSPS) is 10.3. The number of hydrogen-bond acceptors (Lipinski definition) is 4. The van der Waals surface area contributed by atoms with Crippen LogP contribution in [0.3, 0.4) is 0 Å². The molecule has 0 spiro atoms. The molecule has 0 saturated carbocycles. The number of aromatic nitrogens is 4. The molecule has 21 heavy (non-hydrogen) atoms. The van der Waals surface area contributed by atoms with E-state index >= 15 is 0 Å². The highest BCUT2D eigenvalue weighted by Crippen LogP contribution is 2.18. The first-order valence-electron chi connectivity index (χ1n) is 6.59. The predicted octanol–water partition coefficient (Wildman–Crippen LogP) is 2.57. The quantitative estimate of drug-likeness (QED) is 0.736. The van der Waals surface area contributed by atoms with Crippen molar-refractivity contribution in [1.29, 1.82) is 5.26 Å². The van der Waals surface area contributed by atoms with E-state index in [4.69, 9.17) is 5.26 Å². The summed E-state index contributed by atoms with van der Waals surface area (Å²) in [4.78, 5) is 1.54. The van der Waals surface area contributed by atoms with Crippen LogP contribution in [0.1, 0.15) is 16.7 Å². The van der Waals surface area contributed by atoms with E-state index in [2.05, 4.69) is 21.5 Å². The Balaban J connectivity index is 1.86. The Bertz CT molecular complexity index is 813. The second-order valence-corrected chi connectivity index (χ2v) is 4.77. The van der Waals surface area contributed by atoms with Gasteiger partial charge in [0.2, 0.25) is 5.82 Å². The summed E-state index contributed by atoms with van der Waals surface area (Å²) in [5.74, 6) is 0.615. The van der Waals surface area contributed by atoms with Gasteiger partial charge in [0.15, 0.2) is 0 Å². The lowest BCUT2D eigenvalue weighted by Gasteiger charge is -2.00. The van der Waals surface area contributed by atoms with E-state index in [-0.39, 0.29) is 0 Å². The summed E-state index contributed by atoms with van der Waals surface area (Å²) in [6, 6.07) is 17.5. The molecule has 0 amide bonds. The molecule has 102 valence electrons. The topological polar surface area (TPSA) is 67.4 Å². The summed E-state index contributed by atoms with van der Waals surface area (Å²) < 4.78 is 0. The molecule has 0 radical (unpaired) electrons. The Morgan fingerprint density at radius 3 is 2.81 bits per heavy atom. The molecule has 0 N–H and O–H groups in total. The van der Waals surface area contributed by atoms with Crippen LogP contribution < -0.4 is 0 Å². The van der Waals surface area contributed by atoms with E-state index in [0.29, 0.717) is 17.9 Å². The average molecular weight is 275 g/mol. The van der Waals surface area contributed by atoms with Gasteiger partial charge in [-0.05, 0) is 35.4 Å². The maximum absolute atomic E-state index is 8.91. The summed E-state index contributed by atoms with van der Waals surface area (Å²) >= 11 is 0. The molecule has 0 atom stereocenters. The Morgan fingerprint density at radius 1 is 1.14 bits per heavy atom. The fourth-order valence-electron chi connectivity index (χ4n) is 2.14. The van der Waals surface area contributed by atoms with Crippen molar-refractivity contribution in [3.05, 3.63) is 65.2 Å². The lowest BCUT2D eigenvalue weighted by atomic mass is 10.1. The molecule has 0 aliphatic rings. The molecule has 1 heterocycles.